The van der Waals surface area contributed by atoms with Gasteiger partial charge in [0, 0.05) is 34.7 Å². The van der Waals surface area contributed by atoms with Gasteiger partial charge in [-0.3, -0.25) is 4.79 Å². The van der Waals surface area contributed by atoms with E-state index in [1.54, 1.807) is 0 Å². The van der Waals surface area contributed by atoms with Crippen LogP contribution in [0.1, 0.15) is 66.2 Å². The Balaban J connectivity index is 1.82. The summed E-state index contributed by atoms with van der Waals surface area (Å²) in [5.41, 5.74) is 5.45. The van der Waals surface area contributed by atoms with Crippen LogP contribution in [0.3, 0.4) is 0 Å². The molecule has 1 aromatic heterocycles. The van der Waals surface area contributed by atoms with Crippen LogP contribution in [0.5, 0.6) is 0 Å². The molecule has 1 amide bonds. The number of carbonyl (C=O) groups is 1. The molecular formula is C20H25N3O. The predicted octanol–water partition coefficient (Wildman–Crippen LogP) is 4.41. The SMILES string of the molecule is Cc1cc([C@@H]2Nc3ccccc3C(=O)N2C2CC2)c(C)n1C(C)C. The molecule has 2 aromatic rings. The second kappa shape index (κ2) is 5.40. The number of hydrogen-bond donors (Lipinski definition) is 1. The highest BCUT2D eigenvalue weighted by molar-refractivity contribution is 6.02. The van der Waals surface area contributed by atoms with Gasteiger partial charge < -0.3 is 14.8 Å². The number of fused-ring (bicyclic) bond motifs is 1. The Morgan fingerprint density at radius 1 is 1.17 bits per heavy atom. The van der Waals surface area contributed by atoms with E-state index in [2.05, 4.69) is 48.5 Å². The van der Waals surface area contributed by atoms with Crippen LogP contribution in [0.4, 0.5) is 5.69 Å². The molecule has 24 heavy (non-hydrogen) atoms. The average Bonchev–Trinajstić information content (AvgIpc) is 3.32. The van der Waals surface area contributed by atoms with Crippen LogP contribution in [0.2, 0.25) is 0 Å². The topological polar surface area (TPSA) is 37.3 Å². The molecule has 1 N–H and O–H groups in total. The van der Waals surface area contributed by atoms with Crippen LogP contribution in [0.25, 0.3) is 0 Å². The standard InChI is InChI=1S/C20H25N3O/c1-12(2)22-13(3)11-17(14(22)4)19-21-18-8-6-5-7-16(18)20(24)23(19)15-9-10-15/h5-8,11-12,15,19,21H,9-10H2,1-4H3/t19-/m1/s1. The summed E-state index contributed by atoms with van der Waals surface area (Å²) in [6.07, 6.45) is 2.14. The molecule has 4 rings (SSSR count). The van der Waals surface area contributed by atoms with Gasteiger partial charge in [0.1, 0.15) is 6.17 Å². The molecule has 1 fully saturated rings. The summed E-state index contributed by atoms with van der Waals surface area (Å²) in [7, 11) is 0. The largest absolute Gasteiger partial charge is 0.361 e. The van der Waals surface area contributed by atoms with Crippen molar-refractivity contribution >= 4 is 11.6 Å². The number of rotatable bonds is 3. The first kappa shape index (κ1) is 15.3. The van der Waals surface area contributed by atoms with E-state index in [-0.39, 0.29) is 12.1 Å². The number of hydrogen-bond acceptors (Lipinski definition) is 2. The zero-order valence-electron chi connectivity index (χ0n) is 14.8. The minimum Gasteiger partial charge on any atom is -0.361 e. The number of nitrogens with one attached hydrogen (secondary N) is 1. The first-order chi connectivity index (χ1) is 11.5. The molecule has 2 heterocycles. The summed E-state index contributed by atoms with van der Waals surface area (Å²) in [4.78, 5) is 15.2. The highest BCUT2D eigenvalue weighted by atomic mass is 16.2. The quantitative estimate of drug-likeness (QED) is 0.908. The normalized spacial score (nSPS) is 20.3. The average molecular weight is 323 g/mol. The molecule has 4 heteroatoms. The number of aryl methyl sites for hydroxylation is 1. The molecule has 2 aliphatic rings. The van der Waals surface area contributed by atoms with E-state index >= 15 is 0 Å². The Morgan fingerprint density at radius 2 is 1.88 bits per heavy atom. The maximum Gasteiger partial charge on any atom is 0.258 e. The first-order valence-corrected chi connectivity index (χ1v) is 8.85. The van der Waals surface area contributed by atoms with Crippen LogP contribution in [0, 0.1) is 13.8 Å². The van der Waals surface area contributed by atoms with Gasteiger partial charge in [0.25, 0.3) is 5.91 Å². The third-order valence-electron chi connectivity index (χ3n) is 5.24. The van der Waals surface area contributed by atoms with Crippen LogP contribution >= 0.6 is 0 Å². The highest BCUT2D eigenvalue weighted by Crippen LogP contribution is 2.42. The summed E-state index contributed by atoms with van der Waals surface area (Å²) in [6, 6.07) is 10.9. The number of aromatic nitrogens is 1. The third kappa shape index (κ3) is 2.24. The van der Waals surface area contributed by atoms with Crippen molar-refractivity contribution in [2.45, 2.75) is 58.8 Å². The van der Waals surface area contributed by atoms with E-state index in [4.69, 9.17) is 0 Å². The van der Waals surface area contributed by atoms with Gasteiger partial charge in [0.2, 0.25) is 0 Å². The van der Waals surface area contributed by atoms with Crippen molar-refractivity contribution in [2.24, 2.45) is 0 Å². The number of para-hydroxylation sites is 1. The van der Waals surface area contributed by atoms with Gasteiger partial charge in [-0.2, -0.15) is 0 Å². The molecule has 1 aliphatic heterocycles. The van der Waals surface area contributed by atoms with Gasteiger partial charge in [0.05, 0.1) is 5.56 Å². The molecule has 0 radical (unpaired) electrons. The molecule has 1 aromatic carbocycles. The lowest BCUT2D eigenvalue weighted by atomic mass is 10.0. The van der Waals surface area contributed by atoms with Gasteiger partial charge >= 0.3 is 0 Å². The maximum atomic E-state index is 13.1. The van der Waals surface area contributed by atoms with E-state index in [0.29, 0.717) is 12.1 Å². The zero-order chi connectivity index (χ0) is 17.0. The highest BCUT2D eigenvalue weighted by Gasteiger charge is 2.42. The summed E-state index contributed by atoms with van der Waals surface area (Å²) < 4.78 is 2.35. The fourth-order valence-corrected chi connectivity index (χ4v) is 4.10. The third-order valence-corrected chi connectivity index (χ3v) is 5.24. The minimum absolute atomic E-state index is 0.0707. The Kier molecular flexibility index (Phi) is 3.44. The Hall–Kier alpha value is -2.23. The number of anilines is 1. The number of benzene rings is 1. The molecule has 0 bridgehead atoms. The van der Waals surface area contributed by atoms with Crippen molar-refractivity contribution in [1.82, 2.24) is 9.47 Å². The summed E-state index contributed by atoms with van der Waals surface area (Å²) in [6.45, 7) is 8.73. The number of carbonyl (C=O) groups excluding carboxylic acids is 1. The Bertz CT molecular complexity index is 801. The fourth-order valence-electron chi connectivity index (χ4n) is 4.10. The van der Waals surface area contributed by atoms with Crippen LogP contribution in [-0.4, -0.2) is 21.4 Å². The second-order valence-corrected chi connectivity index (χ2v) is 7.33. The van der Waals surface area contributed by atoms with E-state index in [1.807, 2.05) is 24.3 Å². The lowest BCUT2D eigenvalue weighted by Gasteiger charge is -2.38. The molecule has 0 unspecified atom stereocenters. The molecule has 1 saturated carbocycles. The Labute approximate surface area is 143 Å². The fraction of sp³-hybridized carbons (Fsp3) is 0.450. The molecule has 0 spiro atoms. The monoisotopic (exact) mass is 323 g/mol. The van der Waals surface area contributed by atoms with E-state index < -0.39 is 0 Å². The van der Waals surface area contributed by atoms with Crippen LogP contribution in [0.15, 0.2) is 30.3 Å². The summed E-state index contributed by atoms with van der Waals surface area (Å²) in [5, 5.41) is 3.63. The summed E-state index contributed by atoms with van der Waals surface area (Å²) in [5.74, 6) is 0.159. The van der Waals surface area contributed by atoms with E-state index in [9.17, 15) is 4.79 Å². The molecule has 126 valence electrons. The van der Waals surface area contributed by atoms with Crippen molar-refractivity contribution in [3.8, 4) is 0 Å². The van der Waals surface area contributed by atoms with E-state index in [0.717, 1.165) is 24.1 Å². The molecule has 4 nitrogen and oxygen atoms in total. The molecule has 0 saturated heterocycles. The van der Waals surface area contributed by atoms with Crippen molar-refractivity contribution in [3.05, 3.63) is 52.8 Å². The van der Waals surface area contributed by atoms with E-state index in [1.165, 1.54) is 17.0 Å². The zero-order valence-corrected chi connectivity index (χ0v) is 14.8. The van der Waals surface area contributed by atoms with Gasteiger partial charge in [-0.1, -0.05) is 12.1 Å². The second-order valence-electron chi connectivity index (χ2n) is 7.33. The van der Waals surface area contributed by atoms with Gasteiger partial charge in [-0.25, -0.2) is 0 Å². The Morgan fingerprint density at radius 3 is 2.50 bits per heavy atom. The van der Waals surface area contributed by atoms with Crippen LogP contribution in [-0.2, 0) is 0 Å². The van der Waals surface area contributed by atoms with Gasteiger partial charge in [-0.15, -0.1) is 0 Å². The number of nitrogens with zero attached hydrogens (tertiary/aromatic N) is 2. The van der Waals surface area contributed by atoms with Crippen molar-refractivity contribution in [2.75, 3.05) is 5.32 Å². The smallest absolute Gasteiger partial charge is 0.258 e. The molecule has 1 aliphatic carbocycles. The molecule has 1 atom stereocenters. The lowest BCUT2D eigenvalue weighted by molar-refractivity contribution is 0.0666. The first-order valence-electron chi connectivity index (χ1n) is 8.85. The minimum atomic E-state index is -0.0707. The number of amides is 1. The van der Waals surface area contributed by atoms with Gasteiger partial charge in [-0.05, 0) is 58.7 Å². The summed E-state index contributed by atoms with van der Waals surface area (Å²) >= 11 is 0. The van der Waals surface area contributed by atoms with Gasteiger partial charge in [0.15, 0.2) is 0 Å². The maximum absolute atomic E-state index is 13.1. The predicted molar refractivity (Wildman–Crippen MR) is 96.3 cm³/mol. The van der Waals surface area contributed by atoms with Crippen molar-refractivity contribution in [1.29, 1.82) is 0 Å². The van der Waals surface area contributed by atoms with Crippen molar-refractivity contribution in [3.63, 3.8) is 0 Å². The van der Waals surface area contributed by atoms with Crippen molar-refractivity contribution < 1.29 is 4.79 Å². The lowest BCUT2D eigenvalue weighted by Crippen LogP contribution is -2.44. The molecular weight excluding hydrogens is 298 g/mol. The van der Waals surface area contributed by atoms with Crippen LogP contribution < -0.4 is 5.32 Å².